The van der Waals surface area contributed by atoms with Gasteiger partial charge >= 0.3 is 5.97 Å². The average molecular weight is 341 g/mol. The molecule has 0 spiro atoms. The molecule has 3 N–H and O–H groups in total. The van der Waals surface area contributed by atoms with Crippen LogP contribution in [0.25, 0.3) is 0 Å². The fourth-order valence-corrected chi connectivity index (χ4v) is 3.08. The molecule has 5 nitrogen and oxygen atoms in total. The molecule has 0 amide bonds. The van der Waals surface area contributed by atoms with Crippen molar-refractivity contribution in [3.63, 3.8) is 0 Å². The summed E-state index contributed by atoms with van der Waals surface area (Å²) in [7, 11) is 0. The van der Waals surface area contributed by atoms with E-state index in [9.17, 15) is 9.90 Å². The first kappa shape index (κ1) is 16.9. The molecule has 1 heterocycles. The number of nitrogens with zero attached hydrogens (tertiary/aromatic N) is 1. The van der Waals surface area contributed by atoms with Crippen LogP contribution in [0.5, 0.6) is 0 Å². The number of carbonyl (C=O) groups is 1. The van der Waals surface area contributed by atoms with E-state index in [1.165, 1.54) is 16.7 Å². The van der Waals surface area contributed by atoms with Gasteiger partial charge in [0.1, 0.15) is 0 Å². The van der Waals surface area contributed by atoms with Gasteiger partial charge in [0.2, 0.25) is 0 Å². The number of hydrogen-bond acceptors (Lipinski definition) is 5. The van der Waals surface area contributed by atoms with Gasteiger partial charge in [-0.15, -0.1) is 11.3 Å². The molecule has 0 radical (unpaired) electrons. The minimum Gasteiger partial charge on any atom is -0.476 e. The average Bonchev–Trinajstić information content (AvgIpc) is 2.93. The van der Waals surface area contributed by atoms with E-state index in [4.69, 9.17) is 16.7 Å². The highest BCUT2D eigenvalue weighted by atomic mass is 35.5. The maximum absolute atomic E-state index is 10.8. The van der Waals surface area contributed by atoms with Gasteiger partial charge in [0.15, 0.2) is 5.69 Å². The van der Waals surface area contributed by atoms with Crippen LogP contribution in [0.2, 0.25) is 5.02 Å². The van der Waals surface area contributed by atoms with Crippen molar-refractivity contribution in [2.45, 2.75) is 25.5 Å². The molecule has 0 aliphatic rings. The normalized spacial score (nSPS) is 13.8. The minimum absolute atomic E-state index is 0.0710. The second-order valence-corrected chi connectivity index (χ2v) is 6.39. The molecular formula is C15H17ClN2O3S. The Hall–Kier alpha value is -1.47. The third-order valence-corrected chi connectivity index (χ3v) is 4.25. The van der Waals surface area contributed by atoms with Gasteiger partial charge in [-0.1, -0.05) is 23.7 Å². The maximum Gasteiger partial charge on any atom is 0.355 e. The molecule has 1 unspecified atom stereocenters. The lowest BCUT2D eigenvalue weighted by Gasteiger charge is -2.16. The molecule has 2 atom stereocenters. The number of aliphatic hydroxyl groups excluding tert-OH is 1. The van der Waals surface area contributed by atoms with E-state index in [0.717, 1.165) is 10.6 Å². The number of nitrogens with one attached hydrogen (secondary N) is 1. The molecule has 7 heteroatoms. The van der Waals surface area contributed by atoms with E-state index in [1.54, 1.807) is 18.2 Å². The van der Waals surface area contributed by atoms with Crippen molar-refractivity contribution in [1.29, 1.82) is 0 Å². The number of carboxylic acid groups (broad SMARTS) is 1. The number of hydrogen-bond donors (Lipinski definition) is 3. The smallest absolute Gasteiger partial charge is 0.355 e. The fraction of sp³-hybridized carbons (Fsp3) is 0.333. The summed E-state index contributed by atoms with van der Waals surface area (Å²) in [5.41, 5.74) is 0.834. The molecule has 0 fully saturated rings. The lowest BCUT2D eigenvalue weighted by Crippen LogP contribution is -2.32. The zero-order chi connectivity index (χ0) is 16.1. The van der Waals surface area contributed by atoms with Gasteiger partial charge in [-0.3, -0.25) is 0 Å². The Morgan fingerprint density at radius 2 is 2.27 bits per heavy atom. The van der Waals surface area contributed by atoms with Crippen molar-refractivity contribution in [2.75, 3.05) is 6.54 Å². The van der Waals surface area contributed by atoms with Crippen molar-refractivity contribution in [3.05, 3.63) is 50.9 Å². The molecule has 2 rings (SSSR count). The number of aromatic carboxylic acids is 1. The third-order valence-electron chi connectivity index (χ3n) is 3.14. The Labute approximate surface area is 137 Å². The summed E-state index contributed by atoms with van der Waals surface area (Å²) in [6.07, 6.45) is -0.0350. The first-order valence-corrected chi connectivity index (χ1v) is 8.06. The standard InChI is InChI=1S/C15H17ClN2O3S/c1-9(5-14-18-12(8-22-14)15(20)21)17-7-13(19)10-3-2-4-11(16)6-10/h2-4,6,8-9,13,17,19H,5,7H2,1H3,(H,20,21)/t9?,13-/m0/s1. The van der Waals surface area contributed by atoms with Crippen LogP contribution < -0.4 is 5.32 Å². The van der Waals surface area contributed by atoms with Crippen LogP contribution in [0.3, 0.4) is 0 Å². The maximum atomic E-state index is 10.8. The minimum atomic E-state index is -1.01. The molecule has 22 heavy (non-hydrogen) atoms. The largest absolute Gasteiger partial charge is 0.476 e. The SMILES string of the molecule is CC(Cc1nc(C(=O)O)cs1)NC[C@H](O)c1cccc(Cl)c1. The predicted molar refractivity (Wildman–Crippen MR) is 86.7 cm³/mol. The summed E-state index contributed by atoms with van der Waals surface area (Å²) >= 11 is 7.23. The molecule has 118 valence electrons. The fourth-order valence-electron chi connectivity index (χ4n) is 1.98. The van der Waals surface area contributed by atoms with Gasteiger partial charge in [0.25, 0.3) is 0 Å². The van der Waals surface area contributed by atoms with E-state index in [2.05, 4.69) is 10.3 Å². The second kappa shape index (κ2) is 7.69. The number of thiazole rings is 1. The number of benzene rings is 1. The van der Waals surface area contributed by atoms with Gasteiger partial charge < -0.3 is 15.5 Å². The predicted octanol–water partition coefficient (Wildman–Crippen LogP) is 2.75. The second-order valence-electron chi connectivity index (χ2n) is 5.02. The molecule has 0 saturated heterocycles. The van der Waals surface area contributed by atoms with E-state index in [-0.39, 0.29) is 11.7 Å². The lowest BCUT2D eigenvalue weighted by atomic mass is 10.1. The van der Waals surface area contributed by atoms with Gasteiger partial charge in [0.05, 0.1) is 11.1 Å². The molecule has 1 aromatic carbocycles. The van der Waals surface area contributed by atoms with E-state index < -0.39 is 12.1 Å². The summed E-state index contributed by atoms with van der Waals surface area (Å²) in [5, 5.41) is 25.1. The molecule has 1 aromatic heterocycles. The van der Waals surface area contributed by atoms with Crippen LogP contribution in [-0.4, -0.2) is 33.8 Å². The summed E-state index contributed by atoms with van der Waals surface area (Å²) < 4.78 is 0. The molecule has 0 saturated carbocycles. The first-order chi connectivity index (χ1) is 10.5. The van der Waals surface area contributed by atoms with Crippen molar-refractivity contribution in [3.8, 4) is 0 Å². The molecule has 0 aliphatic carbocycles. The number of rotatable bonds is 7. The van der Waals surface area contributed by atoms with Gasteiger partial charge in [0, 0.05) is 29.4 Å². The molecule has 0 bridgehead atoms. The summed E-state index contributed by atoms with van der Waals surface area (Å²) in [4.78, 5) is 14.8. The van der Waals surface area contributed by atoms with Gasteiger partial charge in [-0.2, -0.15) is 0 Å². The van der Waals surface area contributed by atoms with E-state index in [0.29, 0.717) is 18.0 Å². The molecule has 0 aliphatic heterocycles. The van der Waals surface area contributed by atoms with Crippen LogP contribution in [0.1, 0.15) is 34.1 Å². The Balaban J connectivity index is 1.84. The highest BCUT2D eigenvalue weighted by Crippen LogP contribution is 2.17. The number of carboxylic acids is 1. The molecular weight excluding hydrogens is 324 g/mol. The van der Waals surface area contributed by atoms with Crippen LogP contribution in [0.4, 0.5) is 0 Å². The summed E-state index contributed by atoms with van der Waals surface area (Å²) in [6.45, 7) is 2.35. The quantitative estimate of drug-likeness (QED) is 0.722. The lowest BCUT2D eigenvalue weighted by molar-refractivity contribution is 0.0691. The highest BCUT2D eigenvalue weighted by Gasteiger charge is 2.13. The Morgan fingerprint density at radius 3 is 2.91 bits per heavy atom. The molecule has 2 aromatic rings. The van der Waals surface area contributed by atoms with Crippen molar-refractivity contribution in [2.24, 2.45) is 0 Å². The highest BCUT2D eigenvalue weighted by molar-refractivity contribution is 7.09. The van der Waals surface area contributed by atoms with Gasteiger partial charge in [-0.05, 0) is 24.6 Å². The van der Waals surface area contributed by atoms with Crippen LogP contribution in [-0.2, 0) is 6.42 Å². The zero-order valence-electron chi connectivity index (χ0n) is 12.0. The van der Waals surface area contributed by atoms with Crippen molar-refractivity contribution >= 4 is 28.9 Å². The van der Waals surface area contributed by atoms with Crippen LogP contribution in [0.15, 0.2) is 29.6 Å². The zero-order valence-corrected chi connectivity index (χ0v) is 13.6. The van der Waals surface area contributed by atoms with E-state index >= 15 is 0 Å². The van der Waals surface area contributed by atoms with Crippen molar-refractivity contribution < 1.29 is 15.0 Å². The Bertz CT molecular complexity index is 647. The Morgan fingerprint density at radius 1 is 1.50 bits per heavy atom. The Kier molecular flexibility index (Phi) is 5.90. The van der Waals surface area contributed by atoms with Crippen molar-refractivity contribution in [1.82, 2.24) is 10.3 Å². The van der Waals surface area contributed by atoms with Crippen LogP contribution in [0, 0.1) is 0 Å². The van der Waals surface area contributed by atoms with Gasteiger partial charge in [-0.25, -0.2) is 9.78 Å². The summed E-state index contributed by atoms with van der Waals surface area (Å²) in [5.74, 6) is -1.01. The number of aromatic nitrogens is 1. The monoisotopic (exact) mass is 340 g/mol. The van der Waals surface area contributed by atoms with E-state index in [1.807, 2.05) is 13.0 Å². The summed E-state index contributed by atoms with van der Waals surface area (Å²) in [6, 6.07) is 7.19. The topological polar surface area (TPSA) is 82.5 Å². The number of halogens is 1. The number of aliphatic hydroxyl groups is 1. The van der Waals surface area contributed by atoms with Crippen LogP contribution >= 0.6 is 22.9 Å². The first-order valence-electron chi connectivity index (χ1n) is 6.80. The third kappa shape index (κ3) is 4.78.